The summed E-state index contributed by atoms with van der Waals surface area (Å²) in [5.74, 6) is 2.27. The highest BCUT2D eigenvalue weighted by Gasteiger charge is 1.96. The molecule has 1 aliphatic heterocycles. The second kappa shape index (κ2) is 3.38. The molecule has 0 bridgehead atoms. The van der Waals surface area contributed by atoms with Gasteiger partial charge in [-0.2, -0.15) is 0 Å². The Labute approximate surface area is 53.8 Å². The van der Waals surface area contributed by atoms with Gasteiger partial charge in [0, 0.05) is 5.66 Å². The quantitative estimate of drug-likeness (QED) is 0.456. The average Bonchev–Trinajstić information content (AvgIpc) is 1.94. The Morgan fingerprint density at radius 1 is 1.62 bits per heavy atom. The molecule has 1 aliphatic rings. The smallest absolute Gasteiger partial charge is 0.00267 e. The summed E-state index contributed by atoms with van der Waals surface area (Å²) in [6, 6.07) is 0. The predicted octanol–water partition coefficient (Wildman–Crippen LogP) is 3.49. The lowest BCUT2D eigenvalue weighted by atomic mass is 10.2. The molecule has 0 aromatic carbocycles. The highest BCUT2D eigenvalue weighted by molar-refractivity contribution is 7.85. The van der Waals surface area contributed by atoms with Gasteiger partial charge in [0.2, 0.25) is 0 Å². The zero-order chi connectivity index (χ0) is 5.82. The van der Waals surface area contributed by atoms with Crippen molar-refractivity contribution in [2.75, 3.05) is 0 Å². The van der Waals surface area contributed by atoms with E-state index in [0.717, 1.165) is 5.66 Å². The van der Waals surface area contributed by atoms with Crippen LogP contribution >= 0.6 is 15.7 Å². The van der Waals surface area contributed by atoms with Crippen LogP contribution in [0.3, 0.4) is 0 Å². The summed E-state index contributed by atoms with van der Waals surface area (Å²) in [6.45, 7) is 2.32. The first-order chi connectivity index (χ1) is 3.89. The van der Waals surface area contributed by atoms with E-state index in [9.17, 15) is 0 Å². The molecule has 8 heavy (non-hydrogen) atoms. The summed E-state index contributed by atoms with van der Waals surface area (Å²) in [5.41, 5.74) is 0.923. The first-order valence-electron chi connectivity index (χ1n) is 2.94. The van der Waals surface area contributed by atoms with Gasteiger partial charge in [-0.15, -0.1) is 0 Å². The lowest BCUT2D eigenvalue weighted by Gasteiger charge is -1.96. The monoisotopic (exact) mass is 144 g/mol. The van der Waals surface area contributed by atoms with Gasteiger partial charge >= 0.3 is 0 Å². The van der Waals surface area contributed by atoms with Crippen molar-refractivity contribution in [3.63, 3.8) is 0 Å². The van der Waals surface area contributed by atoms with Crippen molar-refractivity contribution in [1.82, 2.24) is 0 Å². The SMILES string of the molecule is CC1CCC=CP=P1. The van der Waals surface area contributed by atoms with Gasteiger partial charge < -0.3 is 0 Å². The molecule has 0 saturated carbocycles. The van der Waals surface area contributed by atoms with Crippen LogP contribution in [0.1, 0.15) is 19.8 Å². The van der Waals surface area contributed by atoms with Gasteiger partial charge in [0.15, 0.2) is 0 Å². The fourth-order valence-corrected chi connectivity index (χ4v) is 3.02. The molecule has 0 fully saturated rings. The van der Waals surface area contributed by atoms with E-state index in [0.29, 0.717) is 0 Å². The molecule has 0 amide bonds. The molecule has 0 aromatic rings. The number of hydrogen-bond acceptors (Lipinski definition) is 0. The molecule has 1 atom stereocenters. The van der Waals surface area contributed by atoms with Gasteiger partial charge in [0.05, 0.1) is 0 Å². The maximum Gasteiger partial charge on any atom is 0.00267 e. The minimum absolute atomic E-state index is 0.923. The van der Waals surface area contributed by atoms with Crippen molar-refractivity contribution in [2.24, 2.45) is 0 Å². The Bertz CT molecular complexity index is 116. The normalized spacial score (nSPS) is 31.9. The fourth-order valence-electron chi connectivity index (χ4n) is 0.669. The maximum atomic E-state index is 2.32. The van der Waals surface area contributed by atoms with Gasteiger partial charge in [-0.1, -0.05) is 20.9 Å². The van der Waals surface area contributed by atoms with E-state index >= 15 is 0 Å². The zero-order valence-electron chi connectivity index (χ0n) is 5.04. The topological polar surface area (TPSA) is 0 Å². The first-order valence-corrected chi connectivity index (χ1v) is 5.58. The van der Waals surface area contributed by atoms with E-state index in [1.807, 2.05) is 0 Å². The van der Waals surface area contributed by atoms with Gasteiger partial charge in [0.25, 0.3) is 0 Å². The molecule has 0 aliphatic carbocycles. The summed E-state index contributed by atoms with van der Waals surface area (Å²) in [6.07, 6.45) is 4.96. The summed E-state index contributed by atoms with van der Waals surface area (Å²) in [5, 5.41) is 0. The summed E-state index contributed by atoms with van der Waals surface area (Å²) >= 11 is 0. The minimum Gasteiger partial charge on any atom is -0.0796 e. The fraction of sp³-hybridized carbons (Fsp3) is 0.667. The molecule has 0 radical (unpaired) electrons. The Morgan fingerprint density at radius 3 is 3.38 bits per heavy atom. The van der Waals surface area contributed by atoms with Crippen molar-refractivity contribution in [1.29, 1.82) is 0 Å². The maximum absolute atomic E-state index is 2.32. The van der Waals surface area contributed by atoms with Crippen molar-refractivity contribution < 1.29 is 0 Å². The molecule has 0 nitrogen and oxygen atoms in total. The molecule has 0 spiro atoms. The molecule has 1 rings (SSSR count). The van der Waals surface area contributed by atoms with Crippen LogP contribution in [0, 0.1) is 0 Å². The largest absolute Gasteiger partial charge is 0.0796 e. The van der Waals surface area contributed by atoms with Crippen LogP contribution in [0.25, 0.3) is 0 Å². The van der Waals surface area contributed by atoms with Crippen LogP contribution in [-0.2, 0) is 0 Å². The van der Waals surface area contributed by atoms with Gasteiger partial charge in [0.1, 0.15) is 0 Å². The van der Waals surface area contributed by atoms with E-state index in [1.54, 1.807) is 7.87 Å². The Kier molecular flexibility index (Phi) is 2.73. The van der Waals surface area contributed by atoms with E-state index < -0.39 is 0 Å². The van der Waals surface area contributed by atoms with Crippen LogP contribution in [0.4, 0.5) is 0 Å². The summed E-state index contributed by atoms with van der Waals surface area (Å²) in [7, 11) is 3.08. The molecule has 0 aromatic heterocycles. The Morgan fingerprint density at radius 2 is 2.50 bits per heavy atom. The molecular formula is C6H10P2. The van der Waals surface area contributed by atoms with E-state index in [4.69, 9.17) is 0 Å². The van der Waals surface area contributed by atoms with Crippen LogP contribution in [-0.4, -0.2) is 5.66 Å². The molecule has 0 N–H and O–H groups in total. The first kappa shape index (κ1) is 6.46. The molecule has 0 saturated heterocycles. The third kappa shape index (κ3) is 2.07. The average molecular weight is 144 g/mol. The van der Waals surface area contributed by atoms with Gasteiger partial charge in [-0.05, 0) is 26.5 Å². The van der Waals surface area contributed by atoms with Crippen molar-refractivity contribution in [3.8, 4) is 0 Å². The van der Waals surface area contributed by atoms with Gasteiger partial charge in [-0.25, -0.2) is 0 Å². The lowest BCUT2D eigenvalue weighted by Crippen LogP contribution is -1.85. The van der Waals surface area contributed by atoms with E-state index in [1.165, 1.54) is 20.7 Å². The zero-order valence-corrected chi connectivity index (χ0v) is 6.83. The van der Waals surface area contributed by atoms with Crippen molar-refractivity contribution in [2.45, 2.75) is 25.4 Å². The van der Waals surface area contributed by atoms with E-state index in [-0.39, 0.29) is 0 Å². The highest BCUT2D eigenvalue weighted by Crippen LogP contribution is 2.28. The number of rotatable bonds is 0. The number of hydrogen-bond donors (Lipinski definition) is 0. The van der Waals surface area contributed by atoms with Crippen molar-refractivity contribution in [3.05, 3.63) is 11.9 Å². The molecule has 1 unspecified atom stereocenters. The summed E-state index contributed by atoms with van der Waals surface area (Å²) < 4.78 is 0. The van der Waals surface area contributed by atoms with Gasteiger partial charge in [-0.3, -0.25) is 0 Å². The lowest BCUT2D eigenvalue weighted by molar-refractivity contribution is 0.834. The Hall–Kier alpha value is 0.340. The molecule has 44 valence electrons. The molecule has 1 heterocycles. The molecular weight excluding hydrogens is 134 g/mol. The third-order valence-electron chi connectivity index (χ3n) is 1.19. The number of allylic oxidation sites excluding steroid dienone is 1. The second-order valence-corrected chi connectivity index (χ2v) is 5.07. The standard InChI is InChI=1S/C6H10P2/c1-6-4-2-3-5-7-8-6/h3,5-6H,2,4H2,1H3. The van der Waals surface area contributed by atoms with Crippen LogP contribution in [0.15, 0.2) is 11.9 Å². The van der Waals surface area contributed by atoms with Crippen LogP contribution in [0.2, 0.25) is 0 Å². The Balaban J connectivity index is 2.46. The third-order valence-corrected chi connectivity index (χ3v) is 4.30. The second-order valence-electron chi connectivity index (χ2n) is 2.04. The van der Waals surface area contributed by atoms with Crippen LogP contribution in [0.5, 0.6) is 0 Å². The van der Waals surface area contributed by atoms with E-state index in [2.05, 4.69) is 18.8 Å². The highest BCUT2D eigenvalue weighted by atomic mass is 31.7. The molecule has 2 heteroatoms. The summed E-state index contributed by atoms with van der Waals surface area (Å²) in [4.78, 5) is 0. The predicted molar refractivity (Wildman–Crippen MR) is 41.7 cm³/mol. The van der Waals surface area contributed by atoms with Crippen molar-refractivity contribution >= 4 is 15.7 Å². The van der Waals surface area contributed by atoms with Crippen LogP contribution < -0.4 is 0 Å². The minimum atomic E-state index is 0.923.